The highest BCUT2D eigenvalue weighted by Gasteiger charge is 2.09. The number of hydrogen-bond donors (Lipinski definition) is 4. The number of hydrogen-bond acceptors (Lipinski definition) is 3. The molecule has 73 valence electrons. The Morgan fingerprint density at radius 2 is 2.00 bits per heavy atom. The third kappa shape index (κ3) is 9.14. The SMILES string of the molecule is NC(N)=NCCCC(N)C(=O)O.[Al]. The number of carboxylic acids is 1. The summed E-state index contributed by atoms with van der Waals surface area (Å²) in [6, 6.07) is -0.820. The van der Waals surface area contributed by atoms with Gasteiger partial charge in [-0.25, -0.2) is 0 Å². The van der Waals surface area contributed by atoms with Crippen LogP contribution in [0, 0.1) is 0 Å². The van der Waals surface area contributed by atoms with Gasteiger partial charge >= 0.3 is 5.97 Å². The zero-order valence-corrected chi connectivity index (χ0v) is 8.47. The summed E-state index contributed by atoms with van der Waals surface area (Å²) < 4.78 is 0. The summed E-state index contributed by atoms with van der Waals surface area (Å²) in [5.41, 5.74) is 15.3. The van der Waals surface area contributed by atoms with Crippen molar-refractivity contribution in [1.82, 2.24) is 0 Å². The zero-order valence-electron chi connectivity index (χ0n) is 7.31. The Hall–Kier alpha value is -0.768. The van der Waals surface area contributed by atoms with E-state index in [0.717, 1.165) is 0 Å². The van der Waals surface area contributed by atoms with Gasteiger partial charge in [0.15, 0.2) is 5.96 Å². The number of nitrogens with two attached hydrogens (primary N) is 3. The number of nitrogens with zero attached hydrogens (tertiary/aromatic N) is 1. The average molecular weight is 201 g/mol. The standard InChI is InChI=1S/C6H14N4O2.Al/c7-4(5(11)12)2-1-3-10-6(8)9;/h4H,1-3,7H2,(H,11,12)(H4,8,9,10);. The second-order valence-corrected chi connectivity index (χ2v) is 2.39. The maximum Gasteiger partial charge on any atom is 0.320 e. The Kier molecular flexibility index (Phi) is 8.91. The molecule has 0 aromatic carbocycles. The van der Waals surface area contributed by atoms with E-state index < -0.39 is 12.0 Å². The molecule has 7 heteroatoms. The van der Waals surface area contributed by atoms with Gasteiger partial charge in [0.2, 0.25) is 0 Å². The summed E-state index contributed by atoms with van der Waals surface area (Å²) in [5, 5.41) is 8.38. The first kappa shape index (κ1) is 14.7. The van der Waals surface area contributed by atoms with Crippen molar-refractivity contribution in [2.45, 2.75) is 18.9 Å². The Balaban J connectivity index is 0. The predicted octanol–water partition coefficient (Wildman–Crippen LogP) is -1.93. The first-order valence-electron chi connectivity index (χ1n) is 3.58. The third-order valence-electron chi connectivity index (χ3n) is 1.28. The monoisotopic (exact) mass is 201 g/mol. The second kappa shape index (κ2) is 7.86. The Morgan fingerprint density at radius 1 is 1.46 bits per heavy atom. The van der Waals surface area contributed by atoms with Crippen LogP contribution in [0.4, 0.5) is 0 Å². The lowest BCUT2D eigenvalue weighted by molar-refractivity contribution is -0.138. The lowest BCUT2D eigenvalue weighted by Gasteiger charge is -2.03. The molecule has 0 aliphatic rings. The molecule has 6 nitrogen and oxygen atoms in total. The molecule has 0 saturated carbocycles. The molecule has 0 aromatic heterocycles. The van der Waals surface area contributed by atoms with E-state index in [1.165, 1.54) is 0 Å². The van der Waals surface area contributed by atoms with Crippen molar-refractivity contribution in [2.24, 2.45) is 22.2 Å². The van der Waals surface area contributed by atoms with Crippen LogP contribution >= 0.6 is 0 Å². The maximum atomic E-state index is 10.2. The summed E-state index contributed by atoms with van der Waals surface area (Å²) in [4.78, 5) is 13.9. The summed E-state index contributed by atoms with van der Waals surface area (Å²) in [5.74, 6) is -0.987. The minimum Gasteiger partial charge on any atom is -0.480 e. The van der Waals surface area contributed by atoms with Gasteiger partial charge in [-0.15, -0.1) is 0 Å². The summed E-state index contributed by atoms with van der Waals surface area (Å²) in [6.07, 6.45) is 0.956. The lowest BCUT2D eigenvalue weighted by atomic mass is 10.2. The molecule has 1 atom stereocenters. The number of carboxylic acid groups (broad SMARTS) is 1. The number of aliphatic carboxylic acids is 1. The highest BCUT2D eigenvalue weighted by molar-refractivity contribution is 5.76. The van der Waals surface area contributed by atoms with Crippen LogP contribution in [-0.2, 0) is 4.79 Å². The Bertz CT molecular complexity index is 181. The first-order chi connectivity index (χ1) is 5.54. The molecule has 0 bridgehead atoms. The van der Waals surface area contributed by atoms with Gasteiger partial charge in [-0.1, -0.05) is 0 Å². The molecule has 0 amide bonds. The van der Waals surface area contributed by atoms with E-state index in [1.807, 2.05) is 0 Å². The molecule has 0 rings (SSSR count). The minimum atomic E-state index is -1.00. The molecule has 0 spiro atoms. The van der Waals surface area contributed by atoms with E-state index in [-0.39, 0.29) is 23.3 Å². The first-order valence-corrected chi connectivity index (χ1v) is 3.58. The normalized spacial score (nSPS) is 11.2. The molecule has 13 heavy (non-hydrogen) atoms. The van der Waals surface area contributed by atoms with Crippen LogP contribution in [0.25, 0.3) is 0 Å². The zero-order chi connectivity index (χ0) is 9.56. The highest BCUT2D eigenvalue weighted by atomic mass is 27.0. The van der Waals surface area contributed by atoms with Gasteiger partial charge in [-0.3, -0.25) is 9.79 Å². The molecule has 0 aromatic rings. The fraction of sp³-hybridized carbons (Fsp3) is 0.667. The number of aliphatic imine (C=N–C) groups is 1. The number of rotatable bonds is 5. The van der Waals surface area contributed by atoms with Crippen molar-refractivity contribution in [2.75, 3.05) is 6.54 Å². The molecule has 0 aliphatic heterocycles. The van der Waals surface area contributed by atoms with Crippen LogP contribution in [0.1, 0.15) is 12.8 Å². The van der Waals surface area contributed by atoms with Gasteiger partial charge in [0, 0.05) is 23.9 Å². The smallest absolute Gasteiger partial charge is 0.320 e. The fourth-order valence-corrected chi connectivity index (χ4v) is 0.643. The summed E-state index contributed by atoms with van der Waals surface area (Å²) in [6.45, 7) is 0.420. The van der Waals surface area contributed by atoms with Crippen LogP contribution < -0.4 is 17.2 Å². The van der Waals surface area contributed by atoms with Crippen LogP contribution in [0.5, 0.6) is 0 Å². The van der Waals surface area contributed by atoms with Gasteiger partial charge < -0.3 is 22.3 Å². The van der Waals surface area contributed by atoms with Crippen molar-refractivity contribution in [3.05, 3.63) is 0 Å². The minimum absolute atomic E-state index is 0. The molecule has 1 unspecified atom stereocenters. The molecule has 3 radical (unpaired) electrons. The molecule has 0 aliphatic carbocycles. The van der Waals surface area contributed by atoms with Gasteiger partial charge in [0.1, 0.15) is 6.04 Å². The molecule has 0 heterocycles. The Labute approximate surface area is 87.3 Å². The van der Waals surface area contributed by atoms with Crippen LogP contribution in [0.3, 0.4) is 0 Å². The lowest BCUT2D eigenvalue weighted by Crippen LogP contribution is -2.30. The summed E-state index contributed by atoms with van der Waals surface area (Å²) >= 11 is 0. The van der Waals surface area contributed by atoms with E-state index >= 15 is 0 Å². The van der Waals surface area contributed by atoms with Crippen molar-refractivity contribution >= 4 is 29.3 Å². The van der Waals surface area contributed by atoms with E-state index in [1.54, 1.807) is 0 Å². The van der Waals surface area contributed by atoms with Crippen molar-refractivity contribution < 1.29 is 9.90 Å². The number of guanidine groups is 1. The topological polar surface area (TPSA) is 128 Å². The van der Waals surface area contributed by atoms with Gasteiger partial charge in [-0.2, -0.15) is 0 Å². The fourth-order valence-electron chi connectivity index (χ4n) is 0.643. The quantitative estimate of drug-likeness (QED) is 0.178. The average Bonchev–Trinajstić information content (AvgIpc) is 1.97. The molecule has 7 N–H and O–H groups in total. The maximum absolute atomic E-state index is 10.2. The van der Waals surface area contributed by atoms with E-state index in [9.17, 15) is 4.79 Å². The van der Waals surface area contributed by atoms with E-state index in [0.29, 0.717) is 19.4 Å². The van der Waals surface area contributed by atoms with Crippen LogP contribution in [-0.4, -0.2) is 47.0 Å². The van der Waals surface area contributed by atoms with E-state index in [4.69, 9.17) is 22.3 Å². The predicted molar refractivity (Wildman–Crippen MR) is 51.3 cm³/mol. The van der Waals surface area contributed by atoms with Crippen molar-refractivity contribution in [3.8, 4) is 0 Å². The highest BCUT2D eigenvalue weighted by Crippen LogP contribution is 1.94. The molecular weight excluding hydrogens is 187 g/mol. The molecule has 0 saturated heterocycles. The third-order valence-corrected chi connectivity index (χ3v) is 1.28. The van der Waals surface area contributed by atoms with Gasteiger partial charge in [0.25, 0.3) is 0 Å². The van der Waals surface area contributed by atoms with E-state index in [2.05, 4.69) is 4.99 Å². The molecular formula is C6H14AlN4O2. The Morgan fingerprint density at radius 3 is 2.38 bits per heavy atom. The summed E-state index contributed by atoms with van der Waals surface area (Å²) in [7, 11) is 0. The van der Waals surface area contributed by atoms with Gasteiger partial charge in [-0.05, 0) is 12.8 Å². The largest absolute Gasteiger partial charge is 0.480 e. The van der Waals surface area contributed by atoms with Crippen molar-refractivity contribution in [1.29, 1.82) is 0 Å². The second-order valence-electron chi connectivity index (χ2n) is 2.39. The van der Waals surface area contributed by atoms with Crippen LogP contribution in [0.2, 0.25) is 0 Å². The van der Waals surface area contributed by atoms with Gasteiger partial charge in [0.05, 0.1) is 0 Å². The molecule has 0 fully saturated rings. The number of carbonyl (C=O) groups is 1. The van der Waals surface area contributed by atoms with Crippen molar-refractivity contribution in [3.63, 3.8) is 0 Å². The van der Waals surface area contributed by atoms with Crippen LogP contribution in [0.15, 0.2) is 4.99 Å².